The van der Waals surface area contributed by atoms with E-state index in [9.17, 15) is 4.79 Å². The van der Waals surface area contributed by atoms with Crippen molar-refractivity contribution >= 4 is 35.0 Å². The summed E-state index contributed by atoms with van der Waals surface area (Å²) in [4.78, 5) is 32.4. The maximum atomic E-state index is 12.8. The number of nitrogens with one attached hydrogen (secondary N) is 1. The Labute approximate surface area is 173 Å². The number of nitrogens with zero attached hydrogens (tertiary/aromatic N) is 5. The van der Waals surface area contributed by atoms with Crippen LogP contribution >= 0.6 is 11.3 Å². The summed E-state index contributed by atoms with van der Waals surface area (Å²) in [5.41, 5.74) is 1.66. The molecule has 0 bridgehead atoms. The Balaban J connectivity index is 1.53. The third kappa shape index (κ3) is 4.65. The number of amides is 1. The Bertz CT molecular complexity index is 1030. The van der Waals surface area contributed by atoms with Crippen LogP contribution in [0.15, 0.2) is 41.9 Å². The number of aromatic nitrogens is 4. The lowest BCUT2D eigenvalue weighted by molar-refractivity contribution is -0.126. The first-order chi connectivity index (χ1) is 14.1. The van der Waals surface area contributed by atoms with Crippen LogP contribution in [0.2, 0.25) is 0 Å². The van der Waals surface area contributed by atoms with Crippen molar-refractivity contribution in [3.8, 4) is 0 Å². The summed E-state index contributed by atoms with van der Waals surface area (Å²) in [7, 11) is 0. The number of carbonyl (C=O) groups is 1. The van der Waals surface area contributed by atoms with Gasteiger partial charge in [0.25, 0.3) is 0 Å². The number of hydrogen-bond acceptors (Lipinski definition) is 7. The van der Waals surface area contributed by atoms with Crippen molar-refractivity contribution in [3.05, 3.63) is 64.1 Å². The number of thiazole rings is 1. The van der Waals surface area contributed by atoms with E-state index in [1.54, 1.807) is 29.7 Å². The molecule has 1 N–H and O–H groups in total. The van der Waals surface area contributed by atoms with Gasteiger partial charge in [0.05, 0.1) is 22.4 Å². The molecule has 3 aromatic heterocycles. The maximum Gasteiger partial charge on any atom is 0.247 e. The molecule has 0 spiro atoms. The van der Waals surface area contributed by atoms with Gasteiger partial charge in [-0.3, -0.25) is 4.79 Å². The molecule has 1 saturated heterocycles. The monoisotopic (exact) mass is 406 g/mol. The summed E-state index contributed by atoms with van der Waals surface area (Å²) in [6, 6.07) is 7.51. The van der Waals surface area contributed by atoms with E-state index < -0.39 is 0 Å². The van der Waals surface area contributed by atoms with E-state index >= 15 is 0 Å². The Kier molecular flexibility index (Phi) is 5.62. The predicted octanol–water partition coefficient (Wildman–Crippen LogP) is 4.07. The van der Waals surface area contributed by atoms with Crippen molar-refractivity contribution in [2.45, 2.75) is 32.7 Å². The van der Waals surface area contributed by atoms with Crippen LogP contribution in [-0.2, 0) is 4.79 Å². The zero-order valence-corrected chi connectivity index (χ0v) is 17.2. The zero-order valence-electron chi connectivity index (χ0n) is 16.4. The van der Waals surface area contributed by atoms with Crippen molar-refractivity contribution < 1.29 is 4.79 Å². The molecular weight excluding hydrogens is 384 g/mol. The molecule has 1 aliphatic rings. The largest absolute Gasteiger partial charge is 0.331 e. The molecule has 7 nitrogen and oxygen atoms in total. The van der Waals surface area contributed by atoms with Gasteiger partial charge in [-0.05, 0) is 44.9 Å². The fraction of sp³-hybridized carbons (Fsp3) is 0.286. The fourth-order valence-corrected chi connectivity index (χ4v) is 4.02. The van der Waals surface area contributed by atoms with Crippen LogP contribution in [0.4, 0.5) is 11.6 Å². The molecule has 1 aliphatic heterocycles. The Hall–Kier alpha value is -3.13. The van der Waals surface area contributed by atoms with Gasteiger partial charge < -0.3 is 10.2 Å². The quantitative estimate of drug-likeness (QED) is 0.643. The van der Waals surface area contributed by atoms with Gasteiger partial charge in [-0.25, -0.2) is 19.9 Å². The third-order valence-electron chi connectivity index (χ3n) is 4.69. The first kappa shape index (κ1) is 19.2. The second-order valence-corrected chi connectivity index (χ2v) is 7.94. The lowest BCUT2D eigenvalue weighted by atomic mass is 10.1. The second kappa shape index (κ2) is 8.48. The minimum atomic E-state index is -0.0599. The van der Waals surface area contributed by atoms with Gasteiger partial charge >= 0.3 is 0 Å². The highest BCUT2D eigenvalue weighted by Gasteiger charge is 2.30. The SMILES string of the molecule is Cc1nc(Nc2ccccn2)cc([C@H]2CCCN2C(=O)/C=C/c2csc(C)n2)n1. The molecule has 0 aliphatic carbocycles. The topological polar surface area (TPSA) is 83.9 Å². The normalized spacial score (nSPS) is 16.5. The van der Waals surface area contributed by atoms with Gasteiger partial charge in [0.2, 0.25) is 5.91 Å². The van der Waals surface area contributed by atoms with Crippen molar-refractivity contribution in [3.63, 3.8) is 0 Å². The first-order valence-corrected chi connectivity index (χ1v) is 10.4. The van der Waals surface area contributed by atoms with Gasteiger partial charge in [-0.2, -0.15) is 0 Å². The van der Waals surface area contributed by atoms with E-state index in [1.807, 2.05) is 48.4 Å². The number of hydrogen-bond donors (Lipinski definition) is 1. The predicted molar refractivity (Wildman–Crippen MR) is 114 cm³/mol. The molecule has 148 valence electrons. The number of likely N-dealkylation sites (tertiary alicyclic amines) is 1. The van der Waals surface area contributed by atoms with E-state index in [-0.39, 0.29) is 11.9 Å². The number of carbonyl (C=O) groups excluding carboxylic acids is 1. The third-order valence-corrected chi connectivity index (χ3v) is 5.48. The van der Waals surface area contributed by atoms with E-state index in [1.165, 1.54) is 0 Å². The molecule has 1 fully saturated rings. The van der Waals surface area contributed by atoms with Gasteiger partial charge in [0.15, 0.2) is 0 Å². The van der Waals surface area contributed by atoms with Crippen LogP contribution in [0.3, 0.4) is 0 Å². The summed E-state index contributed by atoms with van der Waals surface area (Å²) in [5.74, 6) is 2.04. The van der Waals surface area contributed by atoms with Crippen molar-refractivity contribution in [1.82, 2.24) is 24.8 Å². The summed E-state index contributed by atoms with van der Waals surface area (Å²) >= 11 is 1.57. The smallest absolute Gasteiger partial charge is 0.247 e. The van der Waals surface area contributed by atoms with E-state index in [0.717, 1.165) is 41.6 Å². The average Bonchev–Trinajstić information content (AvgIpc) is 3.35. The van der Waals surface area contributed by atoms with Crippen LogP contribution in [-0.4, -0.2) is 37.3 Å². The minimum Gasteiger partial charge on any atom is -0.331 e. The molecule has 4 heterocycles. The zero-order chi connectivity index (χ0) is 20.2. The summed E-state index contributed by atoms with van der Waals surface area (Å²) in [6.07, 6.45) is 6.94. The fourth-order valence-electron chi connectivity index (χ4n) is 3.44. The van der Waals surface area contributed by atoms with Crippen LogP contribution in [0.1, 0.15) is 41.1 Å². The lowest BCUT2D eigenvalue weighted by Gasteiger charge is -2.23. The Morgan fingerprint density at radius 3 is 2.90 bits per heavy atom. The highest BCUT2D eigenvalue weighted by molar-refractivity contribution is 7.09. The lowest BCUT2D eigenvalue weighted by Crippen LogP contribution is -2.29. The molecule has 29 heavy (non-hydrogen) atoms. The number of aryl methyl sites for hydroxylation is 2. The molecule has 0 unspecified atom stereocenters. The molecular formula is C21H22N6OS. The number of anilines is 2. The molecule has 0 aromatic carbocycles. The highest BCUT2D eigenvalue weighted by atomic mass is 32.1. The summed E-state index contributed by atoms with van der Waals surface area (Å²) < 4.78 is 0. The minimum absolute atomic E-state index is 0.0198. The van der Waals surface area contributed by atoms with Gasteiger partial charge in [-0.15, -0.1) is 11.3 Å². The Morgan fingerprint density at radius 1 is 1.24 bits per heavy atom. The van der Waals surface area contributed by atoms with E-state index in [0.29, 0.717) is 11.6 Å². The molecule has 1 amide bonds. The summed E-state index contributed by atoms with van der Waals surface area (Å²) in [5, 5.41) is 6.15. The molecule has 0 radical (unpaired) electrons. The van der Waals surface area contributed by atoms with Gasteiger partial charge in [0, 0.05) is 30.3 Å². The maximum absolute atomic E-state index is 12.8. The first-order valence-electron chi connectivity index (χ1n) is 9.53. The highest BCUT2D eigenvalue weighted by Crippen LogP contribution is 2.32. The molecule has 0 saturated carbocycles. The molecule has 8 heteroatoms. The van der Waals surface area contributed by atoms with Crippen molar-refractivity contribution in [2.24, 2.45) is 0 Å². The molecule has 4 rings (SSSR count). The van der Waals surface area contributed by atoms with E-state index in [4.69, 9.17) is 0 Å². The van der Waals surface area contributed by atoms with Crippen LogP contribution in [0.5, 0.6) is 0 Å². The molecule has 3 aromatic rings. The van der Waals surface area contributed by atoms with Gasteiger partial charge in [0.1, 0.15) is 17.5 Å². The standard InChI is InChI=1S/C21H22N6OS/c1-14-23-17(12-20(24-14)26-19-7-3-4-10-22-19)18-6-5-11-27(18)21(28)9-8-16-13-29-15(2)25-16/h3-4,7-10,12-13,18H,5-6,11H2,1-2H3,(H,22,23,24,26)/b9-8+/t18-/m1/s1. The molecule has 1 atom stereocenters. The van der Waals surface area contributed by atoms with Crippen LogP contribution in [0, 0.1) is 13.8 Å². The second-order valence-electron chi connectivity index (χ2n) is 6.88. The average molecular weight is 407 g/mol. The number of rotatable bonds is 5. The summed E-state index contributed by atoms with van der Waals surface area (Å²) in [6.45, 7) is 4.53. The van der Waals surface area contributed by atoms with Crippen LogP contribution in [0.25, 0.3) is 6.08 Å². The number of pyridine rings is 1. The van der Waals surface area contributed by atoms with Crippen molar-refractivity contribution in [1.29, 1.82) is 0 Å². The van der Waals surface area contributed by atoms with E-state index in [2.05, 4.69) is 25.3 Å². The Morgan fingerprint density at radius 2 is 2.14 bits per heavy atom. The van der Waals surface area contributed by atoms with Crippen LogP contribution < -0.4 is 5.32 Å². The van der Waals surface area contributed by atoms with Gasteiger partial charge in [-0.1, -0.05) is 6.07 Å². The van der Waals surface area contributed by atoms with Crippen molar-refractivity contribution in [2.75, 3.05) is 11.9 Å².